The second-order valence-corrected chi connectivity index (χ2v) is 4.87. The van der Waals surface area contributed by atoms with E-state index in [1.165, 1.54) is 0 Å². The summed E-state index contributed by atoms with van der Waals surface area (Å²) in [7, 11) is 0. The van der Waals surface area contributed by atoms with Gasteiger partial charge < -0.3 is 5.32 Å². The summed E-state index contributed by atoms with van der Waals surface area (Å²) in [5.41, 5.74) is 0. The minimum absolute atomic E-state index is 0.439. The van der Waals surface area contributed by atoms with Crippen LogP contribution < -0.4 is 5.32 Å². The monoisotopic (exact) mass is 259 g/mol. The molecule has 0 radical (unpaired) electrons. The largest absolute Gasteiger partial charge is 0.365 e. The van der Waals surface area contributed by atoms with Crippen molar-refractivity contribution < 1.29 is 0 Å². The van der Waals surface area contributed by atoms with Crippen LogP contribution in [0.5, 0.6) is 0 Å². The molecule has 1 heterocycles. The van der Waals surface area contributed by atoms with Crippen molar-refractivity contribution in [2.24, 2.45) is 0 Å². The summed E-state index contributed by atoms with van der Waals surface area (Å²) in [6, 6.07) is 8.39. The molecule has 3 nitrogen and oxygen atoms in total. The summed E-state index contributed by atoms with van der Waals surface area (Å²) in [6.45, 7) is 0. The van der Waals surface area contributed by atoms with Gasteiger partial charge in [-0.05, 0) is 19.3 Å². The van der Waals surface area contributed by atoms with E-state index in [-0.39, 0.29) is 0 Å². The number of benzene rings is 1. The summed E-state index contributed by atoms with van der Waals surface area (Å²) >= 11 is 6.06. The van der Waals surface area contributed by atoms with Crippen LogP contribution in [0.1, 0.15) is 19.3 Å². The molecule has 3 rings (SSSR count). The smallest absolute Gasteiger partial charge is 0.159 e. The fraction of sp³-hybridized carbons (Fsp3) is 0.286. The summed E-state index contributed by atoms with van der Waals surface area (Å²) in [4.78, 5) is 0. The highest BCUT2D eigenvalue weighted by Gasteiger charge is 2.13. The molecule has 4 heteroatoms. The molecule has 18 heavy (non-hydrogen) atoms. The van der Waals surface area contributed by atoms with Gasteiger partial charge in [0.05, 0.1) is 0 Å². The fourth-order valence-electron chi connectivity index (χ4n) is 2.30. The van der Waals surface area contributed by atoms with Crippen molar-refractivity contribution in [1.29, 1.82) is 0 Å². The molecule has 0 saturated carbocycles. The second kappa shape index (κ2) is 4.94. The van der Waals surface area contributed by atoms with Gasteiger partial charge >= 0.3 is 0 Å². The third kappa shape index (κ3) is 2.18. The molecule has 1 aromatic carbocycles. The van der Waals surface area contributed by atoms with E-state index in [1.807, 2.05) is 24.3 Å². The molecule has 0 aliphatic heterocycles. The molecule has 1 aliphatic carbocycles. The molecule has 0 bridgehead atoms. The Morgan fingerprint density at radius 3 is 2.72 bits per heavy atom. The van der Waals surface area contributed by atoms with Crippen molar-refractivity contribution in [2.75, 3.05) is 5.32 Å². The number of halogens is 1. The lowest BCUT2D eigenvalue weighted by atomic mass is 10.0. The van der Waals surface area contributed by atoms with E-state index in [0.717, 1.165) is 35.9 Å². The Balaban J connectivity index is 1.96. The van der Waals surface area contributed by atoms with Crippen molar-refractivity contribution in [3.05, 3.63) is 41.6 Å². The Morgan fingerprint density at radius 1 is 1.11 bits per heavy atom. The zero-order chi connectivity index (χ0) is 12.4. The Labute approximate surface area is 111 Å². The van der Waals surface area contributed by atoms with Crippen molar-refractivity contribution >= 4 is 28.2 Å². The van der Waals surface area contributed by atoms with Crippen molar-refractivity contribution in [3.63, 3.8) is 0 Å². The molecule has 0 fully saturated rings. The lowest BCUT2D eigenvalue weighted by molar-refractivity contribution is 0.641. The Bertz CT molecular complexity index is 595. The maximum absolute atomic E-state index is 6.06. The van der Waals surface area contributed by atoms with Gasteiger partial charge in [-0.15, -0.1) is 10.2 Å². The number of anilines is 1. The molecular weight excluding hydrogens is 246 g/mol. The van der Waals surface area contributed by atoms with Crippen LogP contribution in [-0.4, -0.2) is 16.2 Å². The summed E-state index contributed by atoms with van der Waals surface area (Å²) in [6.07, 6.45) is 7.74. The highest BCUT2D eigenvalue weighted by molar-refractivity contribution is 6.34. The van der Waals surface area contributed by atoms with E-state index in [9.17, 15) is 0 Å². The maximum Gasteiger partial charge on any atom is 0.159 e. The van der Waals surface area contributed by atoms with Crippen molar-refractivity contribution in [2.45, 2.75) is 25.3 Å². The van der Waals surface area contributed by atoms with Gasteiger partial charge in [-0.1, -0.05) is 48.0 Å². The quantitative estimate of drug-likeness (QED) is 0.834. The van der Waals surface area contributed by atoms with Crippen molar-refractivity contribution in [3.8, 4) is 0 Å². The Morgan fingerprint density at radius 2 is 1.94 bits per heavy atom. The SMILES string of the molecule is Clc1nnc(NC2CC=CCC2)c2ccccc12. The van der Waals surface area contributed by atoms with Crippen LogP contribution in [0.3, 0.4) is 0 Å². The van der Waals surface area contributed by atoms with Crippen LogP contribution in [0.25, 0.3) is 10.8 Å². The van der Waals surface area contributed by atoms with Crippen LogP contribution in [0, 0.1) is 0 Å². The third-order valence-electron chi connectivity index (χ3n) is 3.25. The molecule has 1 atom stereocenters. The van der Waals surface area contributed by atoms with E-state index < -0.39 is 0 Å². The van der Waals surface area contributed by atoms with Crippen molar-refractivity contribution in [1.82, 2.24) is 10.2 Å². The van der Waals surface area contributed by atoms with Crippen LogP contribution in [-0.2, 0) is 0 Å². The van der Waals surface area contributed by atoms with Crippen LogP contribution in [0.2, 0.25) is 5.15 Å². The Kier molecular flexibility index (Phi) is 3.15. The molecule has 2 aromatic rings. The summed E-state index contributed by atoms with van der Waals surface area (Å²) in [5, 5.41) is 14.1. The number of allylic oxidation sites excluding steroid dienone is 1. The molecule has 92 valence electrons. The maximum atomic E-state index is 6.06. The number of nitrogens with zero attached hydrogens (tertiary/aromatic N) is 2. The van der Waals surface area contributed by atoms with Gasteiger partial charge in [-0.2, -0.15) is 0 Å². The molecule has 1 aliphatic rings. The van der Waals surface area contributed by atoms with Gasteiger partial charge in [-0.3, -0.25) is 0 Å². The number of hydrogen-bond acceptors (Lipinski definition) is 3. The molecule has 1 aromatic heterocycles. The third-order valence-corrected chi connectivity index (χ3v) is 3.53. The summed E-state index contributed by atoms with van der Waals surface area (Å²) in [5.74, 6) is 0.829. The number of fused-ring (bicyclic) bond motifs is 1. The number of aromatic nitrogens is 2. The lowest BCUT2D eigenvalue weighted by Crippen LogP contribution is -2.21. The van der Waals surface area contributed by atoms with Gasteiger partial charge in [0, 0.05) is 16.8 Å². The number of hydrogen-bond donors (Lipinski definition) is 1. The average Bonchev–Trinajstić information content (AvgIpc) is 2.44. The first-order valence-corrected chi connectivity index (χ1v) is 6.55. The Hall–Kier alpha value is -1.61. The molecule has 1 N–H and O–H groups in total. The van der Waals surface area contributed by atoms with Gasteiger partial charge in [0.25, 0.3) is 0 Å². The number of nitrogens with one attached hydrogen (secondary N) is 1. The fourth-order valence-corrected chi connectivity index (χ4v) is 2.50. The van der Waals surface area contributed by atoms with Gasteiger partial charge in [0.2, 0.25) is 0 Å². The van der Waals surface area contributed by atoms with E-state index in [1.54, 1.807) is 0 Å². The van der Waals surface area contributed by atoms with Gasteiger partial charge in [0.15, 0.2) is 11.0 Å². The van der Waals surface area contributed by atoms with Crippen LogP contribution in [0.15, 0.2) is 36.4 Å². The van der Waals surface area contributed by atoms with Crippen LogP contribution in [0.4, 0.5) is 5.82 Å². The first-order valence-electron chi connectivity index (χ1n) is 6.17. The predicted octanol–water partition coefficient (Wildman–Crippen LogP) is 3.80. The normalized spacial score (nSPS) is 19.1. The van der Waals surface area contributed by atoms with E-state index in [0.29, 0.717) is 11.2 Å². The standard InChI is InChI=1S/C14H14ClN3/c15-13-11-8-4-5-9-12(11)14(18-17-13)16-10-6-2-1-3-7-10/h1-2,4-5,8-10H,3,6-7H2,(H,16,18). The zero-order valence-electron chi connectivity index (χ0n) is 9.94. The zero-order valence-corrected chi connectivity index (χ0v) is 10.7. The molecular formula is C14H14ClN3. The summed E-state index contributed by atoms with van der Waals surface area (Å²) < 4.78 is 0. The topological polar surface area (TPSA) is 37.8 Å². The predicted molar refractivity (Wildman–Crippen MR) is 74.9 cm³/mol. The highest BCUT2D eigenvalue weighted by Crippen LogP contribution is 2.27. The van der Waals surface area contributed by atoms with Crippen LogP contribution >= 0.6 is 11.6 Å². The molecule has 1 unspecified atom stereocenters. The minimum atomic E-state index is 0.439. The lowest BCUT2D eigenvalue weighted by Gasteiger charge is -2.20. The van der Waals surface area contributed by atoms with E-state index in [4.69, 9.17) is 11.6 Å². The van der Waals surface area contributed by atoms with Gasteiger partial charge in [-0.25, -0.2) is 0 Å². The molecule has 0 spiro atoms. The second-order valence-electron chi connectivity index (χ2n) is 4.51. The number of rotatable bonds is 2. The van der Waals surface area contributed by atoms with Gasteiger partial charge in [0.1, 0.15) is 0 Å². The average molecular weight is 260 g/mol. The first kappa shape index (κ1) is 11.5. The van der Waals surface area contributed by atoms with E-state index in [2.05, 4.69) is 27.7 Å². The molecule has 0 amide bonds. The highest BCUT2D eigenvalue weighted by atomic mass is 35.5. The first-order chi connectivity index (χ1) is 8.84. The van der Waals surface area contributed by atoms with E-state index >= 15 is 0 Å². The minimum Gasteiger partial charge on any atom is -0.365 e. The molecule has 0 saturated heterocycles.